The first-order valence-corrected chi connectivity index (χ1v) is 22.1. The Bertz CT molecular complexity index is 3600. The van der Waals surface area contributed by atoms with Gasteiger partial charge in [-0.25, -0.2) is 15.0 Å². The zero-order valence-corrected chi connectivity index (χ0v) is 35.2. The first kappa shape index (κ1) is 37.0. The molecule has 2 heterocycles. The Kier molecular flexibility index (Phi) is 8.40. The second-order valence-electron chi connectivity index (χ2n) is 16.9. The number of fused-ring (bicyclic) bond motifs is 11. The Morgan fingerprint density at radius 3 is 1.40 bits per heavy atom. The highest BCUT2D eigenvalue weighted by atomic mass is 15.0. The molecule has 1 spiro atoms. The van der Waals surface area contributed by atoms with Gasteiger partial charge in [0.1, 0.15) is 0 Å². The summed E-state index contributed by atoms with van der Waals surface area (Å²) in [5.74, 6) is 1.88. The fourth-order valence-electron chi connectivity index (χ4n) is 10.5. The molecule has 0 N–H and O–H groups in total. The van der Waals surface area contributed by atoms with Crippen LogP contribution in [0.4, 0.5) is 0 Å². The van der Waals surface area contributed by atoms with Gasteiger partial charge in [0.25, 0.3) is 0 Å². The summed E-state index contributed by atoms with van der Waals surface area (Å²) in [5, 5.41) is 1.11. The van der Waals surface area contributed by atoms with Crippen LogP contribution < -0.4 is 0 Å². The molecule has 4 nitrogen and oxygen atoms in total. The van der Waals surface area contributed by atoms with Gasteiger partial charge in [0.15, 0.2) is 17.5 Å². The molecule has 0 atom stereocenters. The number of hydrogen-bond acceptors (Lipinski definition) is 4. The van der Waals surface area contributed by atoms with Crippen LogP contribution in [-0.2, 0) is 5.41 Å². The van der Waals surface area contributed by atoms with E-state index in [9.17, 15) is 0 Å². The molecule has 2 aromatic heterocycles. The second kappa shape index (κ2) is 14.8. The lowest BCUT2D eigenvalue weighted by molar-refractivity contribution is 0.794. The van der Waals surface area contributed by atoms with Crippen molar-refractivity contribution >= 4 is 10.9 Å². The number of nitrogens with zero attached hydrogens (tertiary/aromatic N) is 4. The highest BCUT2D eigenvalue weighted by Crippen LogP contribution is 2.64. The number of pyridine rings is 1. The Hall–Kier alpha value is -8.60. The minimum Gasteiger partial charge on any atom is -0.256 e. The summed E-state index contributed by atoms with van der Waals surface area (Å²) in [6, 6.07) is 80.4. The van der Waals surface area contributed by atoms with Gasteiger partial charge < -0.3 is 0 Å². The van der Waals surface area contributed by atoms with Crippen LogP contribution in [-0.4, -0.2) is 19.9 Å². The predicted octanol–water partition coefficient (Wildman–Crippen LogP) is 14.8. The van der Waals surface area contributed by atoms with Crippen molar-refractivity contribution in [2.24, 2.45) is 0 Å². The van der Waals surface area contributed by atoms with Gasteiger partial charge in [0.2, 0.25) is 0 Å². The van der Waals surface area contributed by atoms with Gasteiger partial charge in [-0.15, -0.1) is 0 Å². The average molecular weight is 827 g/mol. The van der Waals surface area contributed by atoms with E-state index in [1.54, 1.807) is 0 Å². The van der Waals surface area contributed by atoms with E-state index in [2.05, 4.69) is 193 Å². The molecule has 302 valence electrons. The molecule has 0 aliphatic heterocycles. The summed E-state index contributed by atoms with van der Waals surface area (Å²) < 4.78 is 0. The van der Waals surface area contributed by atoms with Crippen LogP contribution in [0, 0.1) is 0 Å². The molecule has 0 unspecified atom stereocenters. The van der Waals surface area contributed by atoms with Crippen molar-refractivity contribution in [3.05, 3.63) is 253 Å². The molecular formula is C61H38N4. The fourth-order valence-corrected chi connectivity index (χ4v) is 10.5. The van der Waals surface area contributed by atoms with Crippen molar-refractivity contribution in [1.29, 1.82) is 0 Å². The van der Waals surface area contributed by atoms with Gasteiger partial charge in [-0.2, -0.15) is 0 Å². The molecule has 4 heteroatoms. The SMILES string of the molecule is c1ccc(-c2nc(-c3ccc(-c4cccc(-c5cccc6c5-c5ccccc5C65c6ccccc6-c6ccccc65)c4)cc3)nc(-c3ccc(-c4cccc5cccnc45)cc3)n2)cc1. The molecule has 0 amide bonds. The first-order chi connectivity index (χ1) is 32.2. The molecule has 0 saturated heterocycles. The molecule has 2 aliphatic rings. The molecule has 0 radical (unpaired) electrons. The topological polar surface area (TPSA) is 51.6 Å². The van der Waals surface area contributed by atoms with Gasteiger partial charge in [-0.1, -0.05) is 212 Å². The highest BCUT2D eigenvalue weighted by molar-refractivity contribution is 6.00. The van der Waals surface area contributed by atoms with Gasteiger partial charge >= 0.3 is 0 Å². The lowest BCUT2D eigenvalue weighted by Crippen LogP contribution is -2.25. The van der Waals surface area contributed by atoms with Crippen LogP contribution in [0.3, 0.4) is 0 Å². The average Bonchev–Trinajstić information content (AvgIpc) is 3.86. The lowest BCUT2D eigenvalue weighted by atomic mass is 9.70. The number of para-hydroxylation sites is 1. The van der Waals surface area contributed by atoms with Crippen molar-refractivity contribution in [2.75, 3.05) is 0 Å². The largest absolute Gasteiger partial charge is 0.256 e. The molecule has 0 fully saturated rings. The van der Waals surface area contributed by atoms with E-state index >= 15 is 0 Å². The summed E-state index contributed by atoms with van der Waals surface area (Å²) in [6.07, 6.45) is 1.85. The van der Waals surface area contributed by atoms with E-state index in [4.69, 9.17) is 15.0 Å². The molecule has 0 bridgehead atoms. The van der Waals surface area contributed by atoms with Crippen LogP contribution in [0.2, 0.25) is 0 Å². The van der Waals surface area contributed by atoms with Crippen LogP contribution in [0.5, 0.6) is 0 Å². The molecule has 13 rings (SSSR count). The first-order valence-electron chi connectivity index (χ1n) is 22.1. The van der Waals surface area contributed by atoms with Crippen molar-refractivity contribution in [3.63, 3.8) is 0 Å². The summed E-state index contributed by atoms with van der Waals surface area (Å²) in [7, 11) is 0. The van der Waals surface area contributed by atoms with Gasteiger partial charge in [0.05, 0.1) is 10.9 Å². The zero-order valence-electron chi connectivity index (χ0n) is 35.2. The third kappa shape index (κ3) is 5.77. The second-order valence-corrected chi connectivity index (χ2v) is 16.9. The Morgan fingerprint density at radius 2 is 0.723 bits per heavy atom. The fraction of sp³-hybridized carbons (Fsp3) is 0.0164. The molecular weight excluding hydrogens is 789 g/mol. The monoisotopic (exact) mass is 826 g/mol. The third-order valence-corrected chi connectivity index (χ3v) is 13.4. The number of aromatic nitrogens is 4. The van der Waals surface area contributed by atoms with Crippen LogP contribution in [0.1, 0.15) is 22.3 Å². The molecule has 0 saturated carbocycles. The lowest BCUT2D eigenvalue weighted by Gasteiger charge is -2.30. The van der Waals surface area contributed by atoms with Crippen molar-refractivity contribution in [1.82, 2.24) is 19.9 Å². The zero-order chi connectivity index (χ0) is 42.9. The summed E-state index contributed by atoms with van der Waals surface area (Å²) in [5.41, 5.74) is 20.9. The number of hydrogen-bond donors (Lipinski definition) is 0. The van der Waals surface area contributed by atoms with E-state index in [1.807, 2.05) is 42.6 Å². The maximum absolute atomic E-state index is 5.08. The number of rotatable bonds is 6. The van der Waals surface area contributed by atoms with Crippen LogP contribution >= 0.6 is 0 Å². The summed E-state index contributed by atoms with van der Waals surface area (Å²) in [6.45, 7) is 0. The van der Waals surface area contributed by atoms with Crippen molar-refractivity contribution in [3.8, 4) is 89.8 Å². The van der Waals surface area contributed by atoms with E-state index < -0.39 is 0 Å². The maximum Gasteiger partial charge on any atom is 0.164 e. The van der Waals surface area contributed by atoms with Gasteiger partial charge in [-0.05, 0) is 84.5 Å². The Balaban J connectivity index is 0.871. The van der Waals surface area contributed by atoms with Crippen molar-refractivity contribution < 1.29 is 0 Å². The standard InChI is InChI=1S/C61H38N4/c1-2-14-42(15-3-1)58-63-59(65-60(64-58)44-35-31-40(32-36-44)48-24-11-16-41-19-13-37-62-57(41)48)43-33-29-39(30-34-43)45-17-10-18-46(38-45)47-23-12-28-55-56(47)51-22-6-9-27-54(51)61(55)52-25-7-4-20-49(52)50-21-5-8-26-53(50)61/h1-38H. The van der Waals surface area contributed by atoms with Crippen molar-refractivity contribution in [2.45, 2.75) is 5.41 Å². The molecule has 65 heavy (non-hydrogen) atoms. The van der Waals surface area contributed by atoms with E-state index in [0.29, 0.717) is 17.5 Å². The summed E-state index contributed by atoms with van der Waals surface area (Å²) in [4.78, 5) is 19.8. The molecule has 11 aromatic rings. The van der Waals surface area contributed by atoms with Gasteiger partial charge in [-0.3, -0.25) is 4.98 Å². The third-order valence-electron chi connectivity index (χ3n) is 13.4. The quantitative estimate of drug-likeness (QED) is 0.168. The highest BCUT2D eigenvalue weighted by Gasteiger charge is 2.51. The maximum atomic E-state index is 5.08. The Morgan fingerprint density at radius 1 is 0.277 bits per heavy atom. The van der Waals surface area contributed by atoms with Crippen LogP contribution in [0.15, 0.2) is 231 Å². The van der Waals surface area contributed by atoms with E-state index in [-0.39, 0.29) is 5.41 Å². The smallest absolute Gasteiger partial charge is 0.164 e. The van der Waals surface area contributed by atoms with Crippen LogP contribution in [0.25, 0.3) is 101 Å². The minimum atomic E-state index is -0.378. The molecule has 9 aromatic carbocycles. The predicted molar refractivity (Wildman–Crippen MR) is 264 cm³/mol. The van der Waals surface area contributed by atoms with E-state index in [1.165, 1.54) is 55.6 Å². The summed E-state index contributed by atoms with van der Waals surface area (Å²) >= 11 is 0. The Labute approximate surface area is 377 Å². The van der Waals surface area contributed by atoms with Gasteiger partial charge in [0, 0.05) is 33.8 Å². The number of benzene rings is 9. The normalized spacial score (nSPS) is 12.7. The molecule has 2 aliphatic carbocycles. The van der Waals surface area contributed by atoms with E-state index in [0.717, 1.165) is 49.8 Å². The minimum absolute atomic E-state index is 0.378.